The summed E-state index contributed by atoms with van der Waals surface area (Å²) in [5.41, 5.74) is 1.32. The van der Waals surface area contributed by atoms with Crippen LogP contribution in [0.3, 0.4) is 0 Å². The van der Waals surface area contributed by atoms with E-state index in [-0.39, 0.29) is 0 Å². The maximum atomic E-state index is 12.7. The number of nitrogens with zero attached hydrogens (tertiary/aromatic N) is 1. The lowest BCUT2D eigenvalue weighted by molar-refractivity contribution is -0.552. The van der Waals surface area contributed by atoms with E-state index in [1.807, 2.05) is 18.2 Å². The van der Waals surface area contributed by atoms with E-state index in [1.165, 1.54) is 14.2 Å². The van der Waals surface area contributed by atoms with Crippen molar-refractivity contribution in [2.75, 3.05) is 14.2 Å². The molecular formula is C23H23NO6. The van der Waals surface area contributed by atoms with Crippen LogP contribution < -0.4 is 0 Å². The molecule has 1 fully saturated rings. The van der Waals surface area contributed by atoms with E-state index in [4.69, 9.17) is 14.2 Å². The van der Waals surface area contributed by atoms with Crippen LogP contribution in [0.25, 0.3) is 0 Å². The average Bonchev–Trinajstić information content (AvgIpc) is 2.77. The van der Waals surface area contributed by atoms with E-state index in [2.05, 4.69) is 11.8 Å². The number of esters is 1. The molecule has 2 aromatic rings. The summed E-state index contributed by atoms with van der Waals surface area (Å²) >= 11 is 0. The molecule has 0 amide bonds. The van der Waals surface area contributed by atoms with Gasteiger partial charge in [0, 0.05) is 17.6 Å². The lowest BCUT2D eigenvalue weighted by Crippen LogP contribution is -2.61. The Balaban J connectivity index is 2.15. The number of benzene rings is 2. The molecule has 1 aliphatic rings. The van der Waals surface area contributed by atoms with Crippen LogP contribution in [0.2, 0.25) is 0 Å². The van der Waals surface area contributed by atoms with Crippen molar-refractivity contribution in [2.24, 2.45) is 5.92 Å². The minimum absolute atomic E-state index is 0.437. The Bertz CT molecular complexity index is 952. The first-order valence-corrected chi connectivity index (χ1v) is 9.47. The third kappa shape index (κ3) is 4.20. The molecule has 1 saturated heterocycles. The Labute approximate surface area is 175 Å². The first-order valence-electron chi connectivity index (χ1n) is 9.47. The van der Waals surface area contributed by atoms with Gasteiger partial charge in [0.25, 0.3) is 6.04 Å². The Hall–Kier alpha value is -3.21. The molecule has 0 N–H and O–H groups in total. The Kier molecular flexibility index (Phi) is 6.50. The van der Waals surface area contributed by atoms with E-state index in [0.29, 0.717) is 11.1 Å². The summed E-state index contributed by atoms with van der Waals surface area (Å²) in [4.78, 5) is 24.5. The maximum absolute atomic E-state index is 12.7. The number of rotatable bonds is 4. The van der Waals surface area contributed by atoms with Crippen LogP contribution in [0.15, 0.2) is 60.7 Å². The van der Waals surface area contributed by atoms with E-state index in [0.717, 1.165) is 0 Å². The predicted octanol–water partition coefficient (Wildman–Crippen LogP) is 3.02. The normalized spacial score (nSPS) is 28.1. The number of ether oxygens (including phenoxy) is 3. The van der Waals surface area contributed by atoms with Gasteiger partial charge in [-0.05, 0) is 24.6 Å². The van der Waals surface area contributed by atoms with Crippen LogP contribution in [0, 0.1) is 27.9 Å². The SMILES string of the molecule is COC(=O)[C@@H]1[C@@H](c2ccccc2)[C@@H]([N+](=O)[O-])[C@@H](C#Cc2ccccc2)O[C@]1(C)OC. The van der Waals surface area contributed by atoms with E-state index in [9.17, 15) is 14.9 Å². The zero-order valence-electron chi connectivity index (χ0n) is 17.0. The van der Waals surface area contributed by atoms with Gasteiger partial charge in [-0.15, -0.1) is 0 Å². The molecule has 156 valence electrons. The number of nitro groups is 1. The maximum Gasteiger partial charge on any atom is 0.315 e. The largest absolute Gasteiger partial charge is 0.469 e. The molecule has 0 bridgehead atoms. The van der Waals surface area contributed by atoms with E-state index >= 15 is 0 Å². The molecule has 1 heterocycles. The number of carbonyl (C=O) groups is 1. The molecule has 0 aromatic heterocycles. The standard InChI is InChI=1S/C23H23NO6/c1-23(29-3)20(22(25)28-2)19(17-12-8-5-9-13-17)21(24(26)27)18(30-23)15-14-16-10-6-4-7-11-16/h4-13,18-21H,1-3H3/t18-,19-,20+,21+,23+/m1/s1. The summed E-state index contributed by atoms with van der Waals surface area (Å²) in [5, 5.41) is 12.2. The number of hydrogen-bond acceptors (Lipinski definition) is 6. The van der Waals surface area contributed by atoms with Crippen LogP contribution in [0.5, 0.6) is 0 Å². The van der Waals surface area contributed by atoms with Crippen LogP contribution in [-0.2, 0) is 19.0 Å². The van der Waals surface area contributed by atoms with Crippen molar-refractivity contribution in [1.29, 1.82) is 0 Å². The van der Waals surface area contributed by atoms with E-state index < -0.39 is 40.7 Å². The highest BCUT2D eigenvalue weighted by molar-refractivity contribution is 5.75. The molecular weight excluding hydrogens is 386 g/mol. The number of methoxy groups -OCH3 is 2. The number of carbonyl (C=O) groups excluding carboxylic acids is 1. The molecule has 0 saturated carbocycles. The van der Waals surface area contributed by atoms with Gasteiger partial charge in [0.15, 0.2) is 11.9 Å². The lowest BCUT2D eigenvalue weighted by Gasteiger charge is -2.46. The molecule has 0 radical (unpaired) electrons. The summed E-state index contributed by atoms with van der Waals surface area (Å²) in [5.74, 6) is 1.81. The quantitative estimate of drug-likeness (QED) is 0.334. The van der Waals surface area contributed by atoms with Crippen LogP contribution in [0.4, 0.5) is 0 Å². The van der Waals surface area contributed by atoms with Crippen molar-refractivity contribution in [2.45, 2.75) is 30.8 Å². The molecule has 5 atom stereocenters. The van der Waals surface area contributed by atoms with Crippen LogP contribution >= 0.6 is 0 Å². The predicted molar refractivity (Wildman–Crippen MR) is 109 cm³/mol. The molecule has 0 spiro atoms. The molecule has 0 unspecified atom stereocenters. The molecule has 7 nitrogen and oxygen atoms in total. The van der Waals surface area contributed by atoms with Crippen molar-refractivity contribution in [3.05, 3.63) is 81.9 Å². The van der Waals surface area contributed by atoms with Gasteiger partial charge >= 0.3 is 5.97 Å². The Morgan fingerprint density at radius 2 is 1.70 bits per heavy atom. The smallest absolute Gasteiger partial charge is 0.315 e. The van der Waals surface area contributed by atoms with Gasteiger partial charge in [0.1, 0.15) is 5.92 Å². The first-order chi connectivity index (χ1) is 14.4. The van der Waals surface area contributed by atoms with Gasteiger partial charge in [0.05, 0.1) is 13.0 Å². The lowest BCUT2D eigenvalue weighted by atomic mass is 9.72. The van der Waals surface area contributed by atoms with Gasteiger partial charge in [0.2, 0.25) is 0 Å². The summed E-state index contributed by atoms with van der Waals surface area (Å²) in [6.07, 6.45) is -1.10. The first kappa shape index (κ1) is 21.5. The third-order valence-electron chi connectivity index (χ3n) is 5.38. The summed E-state index contributed by atoms with van der Waals surface area (Å²) in [7, 11) is 2.63. The Morgan fingerprint density at radius 3 is 2.23 bits per heavy atom. The monoisotopic (exact) mass is 409 g/mol. The summed E-state index contributed by atoms with van der Waals surface area (Å²) < 4.78 is 16.5. The van der Waals surface area contributed by atoms with Crippen molar-refractivity contribution in [3.63, 3.8) is 0 Å². The minimum atomic E-state index is -1.46. The highest BCUT2D eigenvalue weighted by Crippen LogP contribution is 2.46. The van der Waals surface area contributed by atoms with Crippen molar-refractivity contribution >= 4 is 5.97 Å². The van der Waals surface area contributed by atoms with Crippen LogP contribution in [0.1, 0.15) is 24.0 Å². The highest BCUT2D eigenvalue weighted by atomic mass is 16.7. The van der Waals surface area contributed by atoms with Gasteiger partial charge in [-0.25, -0.2) is 0 Å². The third-order valence-corrected chi connectivity index (χ3v) is 5.38. The summed E-state index contributed by atoms with van der Waals surface area (Å²) in [6, 6.07) is 16.7. The number of hydrogen-bond donors (Lipinski definition) is 0. The van der Waals surface area contributed by atoms with Crippen LogP contribution in [-0.4, -0.2) is 43.0 Å². The van der Waals surface area contributed by atoms with Crippen molar-refractivity contribution in [1.82, 2.24) is 0 Å². The van der Waals surface area contributed by atoms with Gasteiger partial charge < -0.3 is 14.2 Å². The molecule has 2 aromatic carbocycles. The molecule has 7 heteroatoms. The minimum Gasteiger partial charge on any atom is -0.469 e. The fraction of sp³-hybridized carbons (Fsp3) is 0.348. The topological polar surface area (TPSA) is 87.9 Å². The molecule has 0 aliphatic carbocycles. The van der Waals surface area contributed by atoms with Gasteiger partial charge in [-0.3, -0.25) is 14.9 Å². The van der Waals surface area contributed by atoms with Crippen molar-refractivity contribution < 1.29 is 23.9 Å². The molecule has 1 aliphatic heterocycles. The van der Waals surface area contributed by atoms with E-state index in [1.54, 1.807) is 49.4 Å². The van der Waals surface area contributed by atoms with Crippen molar-refractivity contribution in [3.8, 4) is 11.8 Å². The molecule has 30 heavy (non-hydrogen) atoms. The Morgan fingerprint density at radius 1 is 1.10 bits per heavy atom. The fourth-order valence-corrected chi connectivity index (χ4v) is 3.87. The molecule has 3 rings (SSSR count). The fourth-order valence-electron chi connectivity index (χ4n) is 3.87. The average molecular weight is 409 g/mol. The van der Waals surface area contributed by atoms with Gasteiger partial charge in [-0.1, -0.05) is 60.4 Å². The second-order valence-corrected chi connectivity index (χ2v) is 7.11. The second-order valence-electron chi connectivity index (χ2n) is 7.11. The zero-order valence-corrected chi connectivity index (χ0v) is 17.0. The van der Waals surface area contributed by atoms with Gasteiger partial charge in [-0.2, -0.15) is 0 Å². The highest BCUT2D eigenvalue weighted by Gasteiger charge is 2.61. The zero-order chi connectivity index (χ0) is 21.7. The second kappa shape index (κ2) is 9.08. The summed E-state index contributed by atoms with van der Waals surface area (Å²) in [6.45, 7) is 1.58.